The van der Waals surface area contributed by atoms with Crippen LogP contribution in [0.4, 0.5) is 17.1 Å². The Morgan fingerprint density at radius 1 is 0.481 bits per heavy atom. The molecule has 0 bridgehead atoms. The Balaban J connectivity index is 1.14. The molecule has 0 radical (unpaired) electrons. The van der Waals surface area contributed by atoms with E-state index in [1.54, 1.807) is 0 Å². The van der Waals surface area contributed by atoms with Gasteiger partial charge in [-0.2, -0.15) is 0 Å². The summed E-state index contributed by atoms with van der Waals surface area (Å²) in [6.07, 6.45) is 0. The van der Waals surface area contributed by atoms with E-state index in [0.717, 1.165) is 50.1 Å². The number of fused-ring (bicyclic) bond motifs is 9. The first-order valence-corrected chi connectivity index (χ1v) is 19.4. The minimum absolute atomic E-state index is 0.125. The fourth-order valence-corrected chi connectivity index (χ4v) is 10.1. The van der Waals surface area contributed by atoms with Crippen LogP contribution in [0, 0.1) is 0 Å². The molecule has 0 saturated heterocycles. The van der Waals surface area contributed by atoms with Crippen molar-refractivity contribution in [3.8, 4) is 33.4 Å². The Bertz CT molecular complexity index is 3080. The maximum atomic E-state index is 6.46. The van der Waals surface area contributed by atoms with Crippen LogP contribution in [0.3, 0.4) is 0 Å². The molecule has 10 aromatic rings. The summed E-state index contributed by atoms with van der Waals surface area (Å²) in [6, 6.07) is 64.1. The zero-order valence-electron chi connectivity index (χ0n) is 30.0. The highest BCUT2D eigenvalue weighted by Gasteiger charge is 2.36. The summed E-state index contributed by atoms with van der Waals surface area (Å²) < 4.78 is 9.06. The van der Waals surface area contributed by atoms with Gasteiger partial charge < -0.3 is 9.32 Å². The van der Waals surface area contributed by atoms with Gasteiger partial charge in [0.15, 0.2) is 0 Å². The lowest BCUT2D eigenvalue weighted by molar-refractivity contribution is 0.660. The van der Waals surface area contributed by atoms with E-state index in [-0.39, 0.29) is 5.41 Å². The highest BCUT2D eigenvalue weighted by Crippen LogP contribution is 2.53. The van der Waals surface area contributed by atoms with Crippen LogP contribution in [0.25, 0.3) is 75.5 Å². The molecule has 8 aromatic carbocycles. The van der Waals surface area contributed by atoms with Crippen LogP contribution in [-0.2, 0) is 5.41 Å². The van der Waals surface area contributed by atoms with Crippen molar-refractivity contribution < 1.29 is 4.42 Å². The fourth-order valence-electron chi connectivity index (χ4n) is 8.87. The number of furan rings is 1. The highest BCUT2D eigenvalue weighted by molar-refractivity contribution is 7.26. The van der Waals surface area contributed by atoms with Gasteiger partial charge in [0.05, 0.1) is 5.69 Å². The SMILES string of the molecule is CC1(C)c2ccccc2-c2ccc(N(c3ccc(-c4cccc5c4oc4ccccc45)cc3)c3ccc4c(sc5ccccc54)c3-c3ccccc3)cc21. The molecule has 256 valence electrons. The van der Waals surface area contributed by atoms with Crippen molar-refractivity contribution in [2.45, 2.75) is 19.3 Å². The van der Waals surface area contributed by atoms with E-state index in [4.69, 9.17) is 4.42 Å². The van der Waals surface area contributed by atoms with Crippen LogP contribution in [0.1, 0.15) is 25.0 Å². The van der Waals surface area contributed by atoms with Gasteiger partial charge in [-0.25, -0.2) is 0 Å². The summed E-state index contributed by atoms with van der Waals surface area (Å²) >= 11 is 1.88. The maximum absolute atomic E-state index is 6.46. The van der Waals surface area contributed by atoms with Crippen LogP contribution < -0.4 is 4.90 Å². The lowest BCUT2D eigenvalue weighted by atomic mass is 9.82. The van der Waals surface area contributed by atoms with E-state index < -0.39 is 0 Å². The van der Waals surface area contributed by atoms with Crippen molar-refractivity contribution in [3.05, 3.63) is 187 Å². The van der Waals surface area contributed by atoms with Gasteiger partial charge in [-0.1, -0.05) is 147 Å². The Kier molecular flexibility index (Phi) is 6.80. The molecule has 2 nitrogen and oxygen atoms in total. The quantitative estimate of drug-likeness (QED) is 0.177. The van der Waals surface area contributed by atoms with Gasteiger partial charge in [-0.3, -0.25) is 0 Å². The van der Waals surface area contributed by atoms with Gasteiger partial charge in [0.25, 0.3) is 0 Å². The third-order valence-electron chi connectivity index (χ3n) is 11.5. The van der Waals surface area contributed by atoms with Crippen molar-refractivity contribution in [1.82, 2.24) is 0 Å². The lowest BCUT2D eigenvalue weighted by Gasteiger charge is -2.30. The summed E-state index contributed by atoms with van der Waals surface area (Å²) in [4.78, 5) is 2.47. The normalized spacial score (nSPS) is 13.1. The van der Waals surface area contributed by atoms with E-state index in [0.29, 0.717) is 0 Å². The summed E-state index contributed by atoms with van der Waals surface area (Å²) in [5.74, 6) is 0. The number of para-hydroxylation sites is 2. The molecule has 0 saturated carbocycles. The Labute approximate surface area is 318 Å². The molecule has 2 aromatic heterocycles. The average Bonchev–Trinajstić information content (AvgIpc) is 3.86. The number of anilines is 3. The first-order chi connectivity index (χ1) is 26.5. The van der Waals surface area contributed by atoms with Crippen molar-refractivity contribution >= 4 is 70.5 Å². The molecule has 3 heteroatoms. The Hall–Kier alpha value is -6.42. The molecule has 0 amide bonds. The van der Waals surface area contributed by atoms with Crippen molar-refractivity contribution in [2.24, 2.45) is 0 Å². The monoisotopic (exact) mass is 709 g/mol. The molecule has 0 fully saturated rings. The summed E-state index contributed by atoms with van der Waals surface area (Å²) in [6.45, 7) is 4.72. The summed E-state index contributed by atoms with van der Waals surface area (Å²) in [7, 11) is 0. The van der Waals surface area contributed by atoms with Gasteiger partial charge in [0.1, 0.15) is 11.2 Å². The van der Waals surface area contributed by atoms with Crippen molar-refractivity contribution in [2.75, 3.05) is 4.90 Å². The second-order valence-corrected chi connectivity index (χ2v) is 15.9. The molecule has 0 spiro atoms. The highest BCUT2D eigenvalue weighted by atomic mass is 32.1. The molecule has 2 heterocycles. The number of rotatable bonds is 5. The third kappa shape index (κ3) is 4.58. The summed E-state index contributed by atoms with van der Waals surface area (Å²) in [5, 5.41) is 4.87. The predicted molar refractivity (Wildman–Crippen MR) is 230 cm³/mol. The van der Waals surface area contributed by atoms with E-state index in [1.165, 1.54) is 53.6 Å². The number of nitrogens with zero attached hydrogens (tertiary/aromatic N) is 1. The molecule has 0 unspecified atom stereocenters. The van der Waals surface area contributed by atoms with Crippen LogP contribution in [-0.4, -0.2) is 0 Å². The van der Waals surface area contributed by atoms with E-state index in [9.17, 15) is 0 Å². The van der Waals surface area contributed by atoms with E-state index in [2.05, 4.69) is 183 Å². The third-order valence-corrected chi connectivity index (χ3v) is 12.7. The van der Waals surface area contributed by atoms with Gasteiger partial charge in [0.2, 0.25) is 0 Å². The van der Waals surface area contributed by atoms with E-state index in [1.807, 2.05) is 23.5 Å². The van der Waals surface area contributed by atoms with Crippen molar-refractivity contribution in [1.29, 1.82) is 0 Å². The first kappa shape index (κ1) is 31.1. The zero-order chi connectivity index (χ0) is 36.0. The Morgan fingerprint density at radius 3 is 2.04 bits per heavy atom. The fraction of sp³-hybridized carbons (Fsp3) is 0.0588. The molecular weight excluding hydrogens is 675 g/mol. The number of benzene rings is 8. The second-order valence-electron chi connectivity index (χ2n) is 14.9. The first-order valence-electron chi connectivity index (χ1n) is 18.6. The van der Waals surface area contributed by atoms with Crippen LogP contribution in [0.15, 0.2) is 180 Å². The van der Waals surface area contributed by atoms with E-state index >= 15 is 0 Å². The topological polar surface area (TPSA) is 16.4 Å². The van der Waals surface area contributed by atoms with Crippen LogP contribution in [0.5, 0.6) is 0 Å². The lowest BCUT2D eigenvalue weighted by Crippen LogP contribution is -2.17. The van der Waals surface area contributed by atoms with Crippen LogP contribution >= 0.6 is 11.3 Å². The largest absolute Gasteiger partial charge is 0.455 e. The molecule has 11 rings (SSSR count). The predicted octanol–water partition coefficient (Wildman–Crippen LogP) is 15.1. The number of hydrogen-bond donors (Lipinski definition) is 0. The van der Waals surface area contributed by atoms with Crippen LogP contribution in [0.2, 0.25) is 0 Å². The van der Waals surface area contributed by atoms with Gasteiger partial charge in [0, 0.05) is 58.9 Å². The zero-order valence-corrected chi connectivity index (χ0v) is 30.8. The molecule has 1 aliphatic carbocycles. The standard InChI is InChI=1S/C51H35NOS/c1-51(2)43-20-9-6-15-37(43)38-28-27-35(31-44(38)51)52(34-25-23-32(24-26-34)36-18-12-19-41-39-16-7-10-21-46(39)53-49(36)41)45-30-29-42-40-17-8-11-22-47(40)54-50(42)48(45)33-13-4-3-5-14-33/h3-31H,1-2H3. The number of hydrogen-bond acceptors (Lipinski definition) is 3. The van der Waals surface area contributed by atoms with Gasteiger partial charge >= 0.3 is 0 Å². The minimum atomic E-state index is -0.125. The smallest absolute Gasteiger partial charge is 0.143 e. The maximum Gasteiger partial charge on any atom is 0.143 e. The molecule has 0 N–H and O–H groups in total. The van der Waals surface area contributed by atoms with Crippen molar-refractivity contribution in [3.63, 3.8) is 0 Å². The summed E-state index contributed by atoms with van der Waals surface area (Å²) in [5.41, 5.74) is 15.1. The number of thiophene rings is 1. The van der Waals surface area contributed by atoms with Gasteiger partial charge in [-0.05, 0) is 75.8 Å². The second kappa shape index (κ2) is 11.8. The average molecular weight is 710 g/mol. The minimum Gasteiger partial charge on any atom is -0.455 e. The molecule has 1 aliphatic rings. The Morgan fingerprint density at radius 2 is 1.17 bits per heavy atom. The molecule has 0 atom stereocenters. The van der Waals surface area contributed by atoms with Gasteiger partial charge in [-0.15, -0.1) is 11.3 Å². The molecular formula is C51H35NOS. The molecule has 54 heavy (non-hydrogen) atoms. The molecule has 0 aliphatic heterocycles.